The Kier molecular flexibility index (Phi) is 9.20. The first-order valence-corrected chi connectivity index (χ1v) is 14.9. The Morgan fingerprint density at radius 1 is 0.630 bits per heavy atom. The number of hydrogen-bond acceptors (Lipinski definition) is 10. The molecule has 0 unspecified atom stereocenters. The van der Waals surface area contributed by atoms with Crippen molar-refractivity contribution in [3.63, 3.8) is 0 Å². The summed E-state index contributed by atoms with van der Waals surface area (Å²) in [5, 5.41) is 1.53. The number of rotatable bonds is 13. The fourth-order valence-corrected chi connectivity index (χ4v) is 5.67. The lowest BCUT2D eigenvalue weighted by atomic mass is 9.90. The highest BCUT2D eigenvalue weighted by Crippen LogP contribution is 2.44. The van der Waals surface area contributed by atoms with Crippen molar-refractivity contribution in [1.29, 1.82) is 0 Å². The van der Waals surface area contributed by atoms with Gasteiger partial charge in [0.25, 0.3) is 0 Å². The van der Waals surface area contributed by atoms with Gasteiger partial charge in [-0.15, -0.1) is 0 Å². The number of hydrogen-bond donors (Lipinski definition) is 0. The van der Waals surface area contributed by atoms with Crippen molar-refractivity contribution >= 4 is 32.9 Å². The summed E-state index contributed by atoms with van der Waals surface area (Å²) in [5.41, 5.74) is 3.42. The highest BCUT2D eigenvalue weighted by atomic mass is 16.7. The number of aryl methyl sites for hydroxylation is 1. The molecule has 10 heteroatoms. The topological polar surface area (TPSA) is 116 Å². The van der Waals surface area contributed by atoms with Gasteiger partial charge in [-0.25, -0.2) is 0 Å². The predicted octanol–water partition coefficient (Wildman–Crippen LogP) is 7.12. The average Bonchev–Trinajstić information content (AvgIpc) is 3.06. The second kappa shape index (κ2) is 13.6. The minimum absolute atomic E-state index is 0.0235. The van der Waals surface area contributed by atoms with Crippen LogP contribution in [0.3, 0.4) is 0 Å². The molecule has 0 bridgehead atoms. The molecular weight excluding hydrogens is 592 g/mol. The van der Waals surface area contributed by atoms with Crippen LogP contribution in [0.5, 0.6) is 17.2 Å². The lowest BCUT2D eigenvalue weighted by Crippen LogP contribution is -2.09. The molecule has 4 aromatic rings. The van der Waals surface area contributed by atoms with Crippen molar-refractivity contribution in [1.82, 2.24) is 0 Å². The van der Waals surface area contributed by atoms with Crippen molar-refractivity contribution in [3.05, 3.63) is 86.7 Å². The zero-order chi connectivity index (χ0) is 32.2. The molecule has 10 nitrogen and oxygen atoms in total. The Balaban J connectivity index is 1.72. The zero-order valence-electron chi connectivity index (χ0n) is 26.1. The lowest BCUT2D eigenvalue weighted by molar-refractivity contribution is 0.0509. The number of ether oxygens (including phenoxy) is 6. The van der Waals surface area contributed by atoms with Gasteiger partial charge < -0.3 is 37.3 Å². The van der Waals surface area contributed by atoms with E-state index in [2.05, 4.69) is 6.92 Å². The van der Waals surface area contributed by atoms with Gasteiger partial charge in [0.2, 0.25) is 5.43 Å². The molecule has 3 aromatic carbocycles. The quantitative estimate of drug-likeness (QED) is 0.0970. The SMILES string of the molecule is CCCCc1cc(OCOC)cc2oc3cc(OCOC)cc(-c4c5ccc(=O)cc-5oc5cc(OCOC)ccc45)c3c(=O)c12. The predicted molar refractivity (Wildman–Crippen MR) is 174 cm³/mol. The van der Waals surface area contributed by atoms with Gasteiger partial charge in [-0.1, -0.05) is 13.3 Å². The summed E-state index contributed by atoms with van der Waals surface area (Å²) in [6.07, 6.45) is 2.47. The van der Waals surface area contributed by atoms with Gasteiger partial charge in [0.15, 0.2) is 25.8 Å². The summed E-state index contributed by atoms with van der Waals surface area (Å²) in [7, 11) is 4.61. The van der Waals surface area contributed by atoms with E-state index in [4.69, 9.17) is 37.3 Å². The van der Waals surface area contributed by atoms with Crippen LogP contribution in [0.25, 0.3) is 55.4 Å². The van der Waals surface area contributed by atoms with Gasteiger partial charge in [-0.2, -0.15) is 0 Å². The van der Waals surface area contributed by atoms with Gasteiger partial charge in [0.1, 0.15) is 39.8 Å². The zero-order valence-corrected chi connectivity index (χ0v) is 26.1. The third-order valence-corrected chi connectivity index (χ3v) is 7.67. The molecule has 0 fully saturated rings. The number of methoxy groups -OCH3 is 3. The minimum atomic E-state index is -0.215. The van der Waals surface area contributed by atoms with Gasteiger partial charge in [0.05, 0.1) is 10.8 Å². The third kappa shape index (κ3) is 6.02. The molecule has 1 aliphatic heterocycles. The molecule has 238 valence electrons. The van der Waals surface area contributed by atoms with E-state index in [0.29, 0.717) is 79.0 Å². The van der Waals surface area contributed by atoms with Crippen LogP contribution in [0.15, 0.2) is 79.1 Å². The molecule has 0 saturated carbocycles. The molecule has 0 atom stereocenters. The van der Waals surface area contributed by atoms with Gasteiger partial charge in [0, 0.05) is 67.7 Å². The van der Waals surface area contributed by atoms with E-state index < -0.39 is 0 Å². The summed E-state index contributed by atoms with van der Waals surface area (Å²) in [5.74, 6) is 1.83. The minimum Gasteiger partial charge on any atom is -0.467 e. The number of benzene rings is 4. The van der Waals surface area contributed by atoms with E-state index >= 15 is 0 Å². The molecule has 0 amide bonds. The van der Waals surface area contributed by atoms with Crippen LogP contribution in [0, 0.1) is 0 Å². The largest absolute Gasteiger partial charge is 0.467 e. The maximum absolute atomic E-state index is 14.7. The number of fused-ring (bicyclic) bond motifs is 4. The van der Waals surface area contributed by atoms with Gasteiger partial charge in [-0.05, 0) is 54.8 Å². The summed E-state index contributed by atoms with van der Waals surface area (Å²) >= 11 is 0. The molecule has 0 radical (unpaired) electrons. The van der Waals surface area contributed by atoms with Gasteiger partial charge in [-0.3, -0.25) is 9.59 Å². The molecule has 2 aliphatic rings. The summed E-state index contributed by atoms with van der Waals surface area (Å²) < 4.78 is 45.4. The fourth-order valence-electron chi connectivity index (χ4n) is 5.67. The molecular formula is C36H34O10. The smallest absolute Gasteiger partial charge is 0.201 e. The van der Waals surface area contributed by atoms with Gasteiger partial charge >= 0.3 is 0 Å². The third-order valence-electron chi connectivity index (χ3n) is 7.67. The monoisotopic (exact) mass is 626 g/mol. The van der Waals surface area contributed by atoms with E-state index in [-0.39, 0.29) is 31.2 Å². The second-order valence-electron chi connectivity index (χ2n) is 10.8. The first-order valence-electron chi connectivity index (χ1n) is 14.9. The molecule has 0 N–H and O–H groups in total. The standard InChI is InChI=1S/C36H34O10/c1-5-6-7-21-12-24(43-19-40-3)16-31-33(21)36(38)35-28(14-25(44-20-41-4)17-32(35)46-31)34-26-10-8-22(37)13-29(26)45-30-15-23(42-18-39-2)9-11-27(30)34/h8-17H,5-7,18-20H2,1-4H3. The summed E-state index contributed by atoms with van der Waals surface area (Å²) in [4.78, 5) is 27.2. The maximum Gasteiger partial charge on any atom is 0.201 e. The molecule has 0 spiro atoms. The first-order chi connectivity index (χ1) is 22.4. The van der Waals surface area contributed by atoms with Crippen LogP contribution >= 0.6 is 0 Å². The summed E-state index contributed by atoms with van der Waals surface area (Å²) in [6, 6.07) is 17.0. The second-order valence-corrected chi connectivity index (χ2v) is 10.8. The Bertz CT molecular complexity index is 2110. The van der Waals surface area contributed by atoms with Crippen molar-refractivity contribution in [3.8, 4) is 39.7 Å². The van der Waals surface area contributed by atoms with E-state index in [0.717, 1.165) is 18.4 Å². The summed E-state index contributed by atoms with van der Waals surface area (Å²) in [6.45, 7) is 2.18. The van der Waals surface area contributed by atoms with Crippen molar-refractivity contribution < 1.29 is 37.3 Å². The van der Waals surface area contributed by atoms with E-state index in [1.54, 1.807) is 43.5 Å². The Hall–Kier alpha value is -4.90. The fraction of sp³-hybridized carbons (Fsp3) is 0.278. The number of unbranched alkanes of at least 4 members (excludes halogenated alkanes) is 1. The van der Waals surface area contributed by atoms with E-state index in [1.165, 1.54) is 26.4 Å². The molecule has 46 heavy (non-hydrogen) atoms. The molecule has 1 aromatic heterocycles. The molecule has 2 heterocycles. The highest BCUT2D eigenvalue weighted by molar-refractivity contribution is 6.10. The average molecular weight is 627 g/mol. The Labute approximate surface area is 264 Å². The van der Waals surface area contributed by atoms with Crippen molar-refractivity contribution in [2.75, 3.05) is 41.7 Å². The Morgan fingerprint density at radius 2 is 1.28 bits per heavy atom. The van der Waals surface area contributed by atoms with Crippen LogP contribution in [0.2, 0.25) is 0 Å². The van der Waals surface area contributed by atoms with E-state index in [1.807, 2.05) is 12.1 Å². The van der Waals surface area contributed by atoms with Crippen LogP contribution in [0.4, 0.5) is 0 Å². The van der Waals surface area contributed by atoms with Crippen molar-refractivity contribution in [2.24, 2.45) is 0 Å². The van der Waals surface area contributed by atoms with E-state index in [9.17, 15) is 9.59 Å². The molecule has 6 rings (SSSR count). The van der Waals surface area contributed by atoms with Crippen LogP contribution in [0.1, 0.15) is 25.3 Å². The van der Waals surface area contributed by atoms with Crippen LogP contribution in [-0.4, -0.2) is 41.7 Å². The normalized spacial score (nSPS) is 11.6. The van der Waals surface area contributed by atoms with Crippen LogP contribution in [-0.2, 0) is 20.6 Å². The molecule has 1 aliphatic carbocycles. The lowest BCUT2D eigenvalue weighted by Gasteiger charge is -2.18. The molecule has 0 saturated heterocycles. The Morgan fingerprint density at radius 3 is 1.98 bits per heavy atom. The van der Waals surface area contributed by atoms with Crippen molar-refractivity contribution in [2.45, 2.75) is 26.2 Å². The maximum atomic E-state index is 14.7. The highest BCUT2D eigenvalue weighted by Gasteiger charge is 2.24. The first kappa shape index (κ1) is 31.1. The van der Waals surface area contributed by atoms with Crippen LogP contribution < -0.4 is 25.1 Å².